The molecule has 0 bridgehead atoms. The second-order valence-corrected chi connectivity index (χ2v) is 3.97. The number of nitrogens with zero attached hydrogens (tertiary/aromatic N) is 3. The van der Waals surface area contributed by atoms with Crippen LogP contribution in [0.4, 0.5) is 10.2 Å². The van der Waals surface area contributed by atoms with Crippen LogP contribution in [0.3, 0.4) is 0 Å². The van der Waals surface area contributed by atoms with Crippen LogP contribution in [0, 0.1) is 5.82 Å². The third kappa shape index (κ3) is 1.93. The van der Waals surface area contributed by atoms with Gasteiger partial charge in [-0.2, -0.15) is 15.3 Å². The highest BCUT2D eigenvalue weighted by molar-refractivity contribution is 5.87. The topological polar surface area (TPSA) is 80.5 Å². The molecule has 3 N–H and O–H groups in total. The number of hydrogen-bond acceptors (Lipinski definition) is 4. The molecule has 19 heavy (non-hydrogen) atoms. The Balaban J connectivity index is 2.23. The zero-order valence-corrected chi connectivity index (χ0v) is 9.84. The lowest BCUT2D eigenvalue weighted by Gasteiger charge is -2.05. The van der Waals surface area contributed by atoms with Crippen LogP contribution in [0.15, 0.2) is 42.7 Å². The molecule has 2 aromatic heterocycles. The lowest BCUT2D eigenvalue weighted by atomic mass is 10.0. The first-order chi connectivity index (χ1) is 9.27. The number of anilines is 1. The van der Waals surface area contributed by atoms with Gasteiger partial charge in [0.15, 0.2) is 5.82 Å². The van der Waals surface area contributed by atoms with Crippen molar-refractivity contribution >= 4 is 5.82 Å². The number of hydrogen-bond donors (Lipinski definition) is 2. The number of nitrogens with one attached hydrogen (secondary N) is 1. The molecule has 0 spiro atoms. The molecule has 0 saturated heterocycles. The summed E-state index contributed by atoms with van der Waals surface area (Å²) < 4.78 is 13.9. The molecule has 3 aromatic rings. The predicted molar refractivity (Wildman–Crippen MR) is 69.4 cm³/mol. The fourth-order valence-corrected chi connectivity index (χ4v) is 1.94. The Morgan fingerprint density at radius 1 is 1.11 bits per heavy atom. The third-order valence-electron chi connectivity index (χ3n) is 2.81. The number of nitrogen functional groups attached to an aromatic ring is 1. The van der Waals surface area contributed by atoms with E-state index in [0.717, 1.165) is 5.56 Å². The van der Waals surface area contributed by atoms with Crippen LogP contribution in [0.5, 0.6) is 0 Å². The quantitative estimate of drug-likeness (QED) is 0.736. The molecule has 2 heterocycles. The molecule has 0 atom stereocenters. The molecule has 3 rings (SSSR count). The second kappa shape index (κ2) is 4.49. The van der Waals surface area contributed by atoms with Gasteiger partial charge in [0.2, 0.25) is 0 Å². The molecular weight excluding hydrogens is 245 g/mol. The maximum atomic E-state index is 13.9. The van der Waals surface area contributed by atoms with Gasteiger partial charge in [-0.3, -0.25) is 5.10 Å². The first-order valence-corrected chi connectivity index (χ1v) is 5.63. The Kier molecular flexibility index (Phi) is 2.68. The first kappa shape index (κ1) is 11.3. The minimum absolute atomic E-state index is 0.247. The van der Waals surface area contributed by atoms with Gasteiger partial charge in [0.25, 0.3) is 0 Å². The Morgan fingerprint density at radius 3 is 2.68 bits per heavy atom. The van der Waals surface area contributed by atoms with Gasteiger partial charge in [-0.05, 0) is 12.1 Å². The number of H-pyrrole nitrogens is 1. The van der Waals surface area contributed by atoms with Crippen LogP contribution >= 0.6 is 0 Å². The number of aromatic amines is 1. The Bertz CT molecular complexity index is 708. The van der Waals surface area contributed by atoms with Crippen molar-refractivity contribution < 1.29 is 4.39 Å². The van der Waals surface area contributed by atoms with Crippen molar-refractivity contribution in [3.05, 3.63) is 48.5 Å². The predicted octanol–water partition coefficient (Wildman–Crippen LogP) is 2.25. The first-order valence-electron chi connectivity index (χ1n) is 5.63. The van der Waals surface area contributed by atoms with Gasteiger partial charge < -0.3 is 5.73 Å². The van der Waals surface area contributed by atoms with Gasteiger partial charge in [-0.25, -0.2) is 4.39 Å². The average Bonchev–Trinajstić information content (AvgIpc) is 2.82. The minimum atomic E-state index is -0.348. The van der Waals surface area contributed by atoms with Crippen molar-refractivity contribution in [3.63, 3.8) is 0 Å². The summed E-state index contributed by atoms with van der Waals surface area (Å²) in [6, 6.07) is 8.18. The van der Waals surface area contributed by atoms with Gasteiger partial charge in [-0.1, -0.05) is 18.2 Å². The lowest BCUT2D eigenvalue weighted by molar-refractivity contribution is 0.631. The minimum Gasteiger partial charge on any atom is -0.382 e. The Morgan fingerprint density at radius 2 is 1.95 bits per heavy atom. The third-order valence-corrected chi connectivity index (χ3v) is 2.81. The van der Waals surface area contributed by atoms with E-state index >= 15 is 0 Å². The van der Waals surface area contributed by atoms with Gasteiger partial charge in [-0.15, -0.1) is 0 Å². The molecule has 0 aliphatic rings. The largest absolute Gasteiger partial charge is 0.382 e. The molecule has 0 saturated carbocycles. The summed E-state index contributed by atoms with van der Waals surface area (Å²) in [5, 5.41) is 14.3. The fourth-order valence-electron chi connectivity index (χ4n) is 1.94. The van der Waals surface area contributed by atoms with Crippen LogP contribution in [-0.2, 0) is 0 Å². The summed E-state index contributed by atoms with van der Waals surface area (Å²) in [7, 11) is 0. The van der Waals surface area contributed by atoms with E-state index in [1.807, 2.05) is 0 Å². The van der Waals surface area contributed by atoms with Crippen molar-refractivity contribution in [2.75, 3.05) is 5.73 Å². The molecule has 5 nitrogen and oxygen atoms in total. The van der Waals surface area contributed by atoms with Crippen LogP contribution < -0.4 is 5.73 Å². The molecule has 0 unspecified atom stereocenters. The SMILES string of the molecule is Nc1n[nH]c(-c2ccnnc2)c1-c1ccccc1F. The van der Waals surface area contributed by atoms with E-state index in [9.17, 15) is 4.39 Å². The molecule has 0 fully saturated rings. The standard InChI is InChI=1S/C13H10FN5/c14-10-4-2-1-3-9(10)11-12(18-19-13(11)15)8-5-6-16-17-7-8/h1-7H,(H3,15,18,19). The Labute approximate surface area is 108 Å². The number of halogens is 1. The molecule has 0 radical (unpaired) electrons. The van der Waals surface area contributed by atoms with Crippen molar-refractivity contribution in [2.24, 2.45) is 0 Å². The van der Waals surface area contributed by atoms with E-state index in [1.54, 1.807) is 36.7 Å². The number of benzene rings is 1. The lowest BCUT2D eigenvalue weighted by Crippen LogP contribution is -1.91. The monoisotopic (exact) mass is 255 g/mol. The summed E-state index contributed by atoms with van der Waals surface area (Å²) in [6.45, 7) is 0. The fraction of sp³-hybridized carbons (Fsp3) is 0. The smallest absolute Gasteiger partial charge is 0.153 e. The van der Waals surface area contributed by atoms with Crippen LogP contribution in [-0.4, -0.2) is 20.4 Å². The maximum Gasteiger partial charge on any atom is 0.153 e. The van der Waals surface area contributed by atoms with E-state index in [2.05, 4.69) is 20.4 Å². The van der Waals surface area contributed by atoms with E-state index < -0.39 is 0 Å². The molecule has 0 aliphatic heterocycles. The van der Waals surface area contributed by atoms with E-state index in [-0.39, 0.29) is 11.6 Å². The molecule has 0 amide bonds. The van der Waals surface area contributed by atoms with Gasteiger partial charge >= 0.3 is 0 Å². The van der Waals surface area contributed by atoms with Gasteiger partial charge in [0.1, 0.15) is 5.82 Å². The zero-order valence-electron chi connectivity index (χ0n) is 9.84. The van der Waals surface area contributed by atoms with E-state index in [4.69, 9.17) is 5.73 Å². The summed E-state index contributed by atoms with van der Waals surface area (Å²) in [5.41, 5.74) is 8.14. The van der Waals surface area contributed by atoms with Crippen molar-refractivity contribution in [2.45, 2.75) is 0 Å². The normalized spacial score (nSPS) is 10.6. The molecular formula is C13H10FN5. The molecule has 94 valence electrons. The van der Waals surface area contributed by atoms with Crippen LogP contribution in [0.2, 0.25) is 0 Å². The van der Waals surface area contributed by atoms with Crippen molar-refractivity contribution in [3.8, 4) is 22.4 Å². The molecule has 1 aromatic carbocycles. The highest BCUT2D eigenvalue weighted by atomic mass is 19.1. The maximum absolute atomic E-state index is 13.9. The average molecular weight is 255 g/mol. The molecule has 0 aliphatic carbocycles. The summed E-state index contributed by atoms with van der Waals surface area (Å²) in [4.78, 5) is 0. The molecule has 6 heteroatoms. The number of nitrogens with two attached hydrogens (primary N) is 1. The van der Waals surface area contributed by atoms with Crippen LogP contribution in [0.25, 0.3) is 22.4 Å². The zero-order chi connectivity index (χ0) is 13.2. The number of rotatable bonds is 2. The highest BCUT2D eigenvalue weighted by Gasteiger charge is 2.17. The van der Waals surface area contributed by atoms with Crippen molar-refractivity contribution in [1.82, 2.24) is 20.4 Å². The van der Waals surface area contributed by atoms with Crippen molar-refractivity contribution in [1.29, 1.82) is 0 Å². The summed E-state index contributed by atoms with van der Waals surface area (Å²) in [5.74, 6) is -0.101. The second-order valence-electron chi connectivity index (χ2n) is 3.97. The summed E-state index contributed by atoms with van der Waals surface area (Å²) >= 11 is 0. The van der Waals surface area contributed by atoms with E-state index in [1.165, 1.54) is 6.07 Å². The Hall–Kier alpha value is -2.76. The highest BCUT2D eigenvalue weighted by Crippen LogP contribution is 2.35. The van der Waals surface area contributed by atoms with Gasteiger partial charge in [0, 0.05) is 11.1 Å². The van der Waals surface area contributed by atoms with Crippen LogP contribution in [0.1, 0.15) is 0 Å². The summed E-state index contributed by atoms with van der Waals surface area (Å²) in [6.07, 6.45) is 3.12. The van der Waals surface area contributed by atoms with Gasteiger partial charge in [0.05, 0.1) is 23.7 Å². The van der Waals surface area contributed by atoms with E-state index in [0.29, 0.717) is 16.8 Å². The number of aromatic nitrogens is 4.